The third kappa shape index (κ3) is 6.14. The molecule has 6 heterocycles. The van der Waals surface area contributed by atoms with Crippen LogP contribution < -0.4 is 9.47 Å². The minimum absolute atomic E-state index is 0.0349. The molecule has 2 aliphatic heterocycles. The van der Waals surface area contributed by atoms with E-state index in [9.17, 15) is 9.18 Å². The summed E-state index contributed by atoms with van der Waals surface area (Å²) in [6.45, 7) is 5.56. The molecule has 9 nitrogen and oxygen atoms in total. The average molecular weight is 706 g/mol. The third-order valence-electron chi connectivity index (χ3n) is 9.19. The molecule has 6 aromatic rings. The quantitative estimate of drug-likeness (QED) is 0.135. The van der Waals surface area contributed by atoms with E-state index in [0.29, 0.717) is 67.4 Å². The lowest BCUT2D eigenvalue weighted by Crippen LogP contribution is -2.35. The van der Waals surface area contributed by atoms with Crippen LogP contribution >= 0.6 is 11.3 Å². The van der Waals surface area contributed by atoms with Crippen molar-refractivity contribution in [1.82, 2.24) is 24.6 Å². The van der Waals surface area contributed by atoms with Crippen LogP contribution in [0.15, 0.2) is 79.0 Å². The molecular weight excluding hydrogens is 673 g/mol. The van der Waals surface area contributed by atoms with Gasteiger partial charge in [-0.05, 0) is 41.6 Å². The zero-order valence-electron chi connectivity index (χ0n) is 27.8. The van der Waals surface area contributed by atoms with Crippen LogP contribution in [0, 0.1) is 11.6 Å². The summed E-state index contributed by atoms with van der Waals surface area (Å²) in [5.41, 5.74) is 5.55. The Kier molecular flexibility index (Phi) is 8.78. The Morgan fingerprint density at radius 2 is 1.88 bits per heavy atom. The van der Waals surface area contributed by atoms with Crippen molar-refractivity contribution in [3.05, 3.63) is 102 Å². The van der Waals surface area contributed by atoms with E-state index in [1.54, 1.807) is 22.0 Å². The van der Waals surface area contributed by atoms with E-state index in [1.165, 1.54) is 23.5 Å². The van der Waals surface area contributed by atoms with Crippen LogP contribution in [0.1, 0.15) is 17.7 Å². The van der Waals surface area contributed by atoms with Gasteiger partial charge in [0.05, 0.1) is 48.5 Å². The van der Waals surface area contributed by atoms with Gasteiger partial charge in [-0.3, -0.25) is 14.5 Å². The molecule has 0 unspecified atom stereocenters. The molecule has 0 saturated heterocycles. The predicted octanol–water partition coefficient (Wildman–Crippen LogP) is 7.66. The Labute approximate surface area is 296 Å². The fourth-order valence-electron chi connectivity index (χ4n) is 6.72. The number of amides is 1. The van der Waals surface area contributed by atoms with Gasteiger partial charge in [-0.15, -0.1) is 11.3 Å². The first-order chi connectivity index (χ1) is 24.9. The maximum absolute atomic E-state index is 16.3. The van der Waals surface area contributed by atoms with Crippen molar-refractivity contribution in [2.75, 3.05) is 33.0 Å². The summed E-state index contributed by atoms with van der Waals surface area (Å²) in [4.78, 5) is 24.4. The standard InChI is InChI=1S/C39H33F2N5O4S/c1-3-34(47)46-9-7-30-25(22-46)15-24(20-42-30)37-36-35-29(41)17-26(40)18-33(35)50-13-12-48-10-5-4-6-11-49-32-19-31-23(21-43-45(31)2)16-28(32)38(44-37)27-8-14-51-39(27)36/h3-5,8,14-21H,1,6-7,9-13,22H2,2H3/b5-4+. The maximum atomic E-state index is 16.3. The molecule has 258 valence electrons. The average Bonchev–Trinajstić information content (AvgIpc) is 3.77. The van der Waals surface area contributed by atoms with Crippen LogP contribution in [0.2, 0.25) is 0 Å². The molecule has 0 aliphatic carbocycles. The smallest absolute Gasteiger partial charge is 0.246 e. The number of rotatable bonds is 2. The molecule has 2 aliphatic rings. The van der Waals surface area contributed by atoms with Gasteiger partial charge in [-0.2, -0.15) is 5.10 Å². The fourth-order valence-corrected chi connectivity index (χ4v) is 7.67. The highest BCUT2D eigenvalue weighted by molar-refractivity contribution is 7.18. The predicted molar refractivity (Wildman–Crippen MR) is 193 cm³/mol. The fraction of sp³-hybridized carbons (Fsp3) is 0.231. The molecule has 0 fully saturated rings. The van der Waals surface area contributed by atoms with Crippen molar-refractivity contribution in [3.8, 4) is 45.1 Å². The first kappa shape index (κ1) is 32.7. The molecule has 12 heteroatoms. The van der Waals surface area contributed by atoms with E-state index < -0.39 is 11.6 Å². The van der Waals surface area contributed by atoms with Gasteiger partial charge in [0.25, 0.3) is 0 Å². The molecule has 2 bridgehead atoms. The summed E-state index contributed by atoms with van der Waals surface area (Å²) in [5, 5.41) is 8.06. The van der Waals surface area contributed by atoms with Gasteiger partial charge in [0.15, 0.2) is 0 Å². The molecular formula is C39H33F2N5O4S. The molecule has 1 amide bonds. The molecule has 0 atom stereocenters. The number of hydrogen-bond donors (Lipinski definition) is 0. The minimum Gasteiger partial charge on any atom is -0.492 e. The topological polar surface area (TPSA) is 91.6 Å². The lowest BCUT2D eigenvalue weighted by Gasteiger charge is -2.27. The second-order valence-electron chi connectivity index (χ2n) is 12.4. The van der Waals surface area contributed by atoms with Crippen LogP contribution in [0.5, 0.6) is 11.5 Å². The number of ether oxygens (including phenoxy) is 3. The molecule has 0 N–H and O–H groups in total. The maximum Gasteiger partial charge on any atom is 0.246 e. The molecule has 51 heavy (non-hydrogen) atoms. The highest BCUT2D eigenvalue weighted by Gasteiger charge is 2.28. The first-order valence-electron chi connectivity index (χ1n) is 16.6. The van der Waals surface area contributed by atoms with Gasteiger partial charge < -0.3 is 19.1 Å². The number of hydrogen-bond acceptors (Lipinski definition) is 8. The number of carbonyl (C=O) groups is 1. The molecule has 0 spiro atoms. The van der Waals surface area contributed by atoms with Crippen molar-refractivity contribution in [1.29, 1.82) is 0 Å². The van der Waals surface area contributed by atoms with Crippen molar-refractivity contribution < 1.29 is 27.8 Å². The summed E-state index contributed by atoms with van der Waals surface area (Å²) >= 11 is 1.43. The number of thiophene rings is 1. The van der Waals surface area contributed by atoms with Gasteiger partial charge in [-0.25, -0.2) is 13.8 Å². The van der Waals surface area contributed by atoms with Crippen molar-refractivity contribution in [3.63, 3.8) is 0 Å². The number of pyridine rings is 2. The Hall–Kier alpha value is -5.46. The Morgan fingerprint density at radius 1 is 1.00 bits per heavy atom. The summed E-state index contributed by atoms with van der Waals surface area (Å²) in [6.07, 6.45) is 9.96. The number of halogens is 2. The van der Waals surface area contributed by atoms with Crippen molar-refractivity contribution in [2.45, 2.75) is 19.4 Å². The van der Waals surface area contributed by atoms with Crippen LogP contribution in [-0.4, -0.2) is 63.5 Å². The number of nitrogens with zero attached hydrogens (tertiary/aromatic N) is 5. The number of fused-ring (bicyclic) bond motifs is 6. The summed E-state index contributed by atoms with van der Waals surface area (Å²) in [7, 11) is 1.88. The number of aromatic nitrogens is 4. The Balaban J connectivity index is 1.42. The molecule has 2 aromatic carbocycles. The van der Waals surface area contributed by atoms with Gasteiger partial charge in [0, 0.05) is 88.8 Å². The van der Waals surface area contributed by atoms with E-state index in [4.69, 9.17) is 24.2 Å². The number of aryl methyl sites for hydroxylation is 1. The zero-order chi connectivity index (χ0) is 35.1. The third-order valence-corrected chi connectivity index (χ3v) is 10.1. The summed E-state index contributed by atoms with van der Waals surface area (Å²) in [5.74, 6) is -1.06. The van der Waals surface area contributed by atoms with E-state index in [2.05, 4.69) is 11.7 Å². The number of benzene rings is 2. The normalized spacial score (nSPS) is 15.6. The Morgan fingerprint density at radius 3 is 2.76 bits per heavy atom. The second kappa shape index (κ2) is 13.7. The van der Waals surface area contributed by atoms with Crippen LogP contribution in [0.25, 0.3) is 54.6 Å². The van der Waals surface area contributed by atoms with Gasteiger partial charge in [-0.1, -0.05) is 18.7 Å². The Bertz CT molecular complexity index is 2370. The highest BCUT2D eigenvalue weighted by atomic mass is 32.1. The van der Waals surface area contributed by atoms with E-state index in [1.807, 2.05) is 48.8 Å². The zero-order valence-corrected chi connectivity index (χ0v) is 28.6. The lowest BCUT2D eigenvalue weighted by molar-refractivity contribution is -0.126. The molecule has 0 radical (unpaired) electrons. The van der Waals surface area contributed by atoms with Gasteiger partial charge >= 0.3 is 0 Å². The lowest BCUT2D eigenvalue weighted by atomic mass is 9.93. The molecule has 8 rings (SSSR count). The van der Waals surface area contributed by atoms with Crippen molar-refractivity contribution in [2.24, 2.45) is 7.05 Å². The number of carbonyl (C=O) groups excluding carboxylic acids is 1. The SMILES string of the molecule is C=CC(=O)N1CCc2ncc(-c3nc4c5ccsc5c3-c3c(F)cc(F)cc3OCCOC/C=C/CCOc3cc5c(cnn5C)cc3-4)cc2C1. The van der Waals surface area contributed by atoms with E-state index >= 15 is 4.39 Å². The van der Waals surface area contributed by atoms with Crippen LogP contribution in [0.3, 0.4) is 0 Å². The summed E-state index contributed by atoms with van der Waals surface area (Å²) in [6, 6.07) is 9.94. The molecule has 4 aromatic heterocycles. The summed E-state index contributed by atoms with van der Waals surface area (Å²) < 4.78 is 51.9. The highest BCUT2D eigenvalue weighted by Crippen LogP contribution is 2.48. The largest absolute Gasteiger partial charge is 0.492 e. The molecule has 0 saturated carbocycles. The second-order valence-corrected chi connectivity index (χ2v) is 13.3. The van der Waals surface area contributed by atoms with Gasteiger partial charge in [0.2, 0.25) is 5.91 Å². The van der Waals surface area contributed by atoms with Crippen LogP contribution in [-0.2, 0) is 29.5 Å². The van der Waals surface area contributed by atoms with Gasteiger partial charge in [0.1, 0.15) is 29.7 Å². The van der Waals surface area contributed by atoms with Crippen molar-refractivity contribution >= 4 is 38.2 Å². The monoisotopic (exact) mass is 705 g/mol. The van der Waals surface area contributed by atoms with E-state index in [0.717, 1.165) is 43.9 Å². The minimum atomic E-state index is -0.789. The van der Waals surface area contributed by atoms with E-state index in [-0.39, 0.29) is 30.4 Å². The first-order valence-corrected chi connectivity index (χ1v) is 17.5. The van der Waals surface area contributed by atoms with Crippen LogP contribution in [0.4, 0.5) is 8.78 Å².